The minimum Gasteiger partial charge on any atom is -0.444 e. The largest absolute Gasteiger partial charge is 0.444 e. The molecule has 0 unspecified atom stereocenters. The van der Waals surface area contributed by atoms with Gasteiger partial charge in [-0.1, -0.05) is 6.07 Å². The van der Waals surface area contributed by atoms with Gasteiger partial charge in [0.15, 0.2) is 0 Å². The minimum absolute atomic E-state index is 0.130. The summed E-state index contributed by atoms with van der Waals surface area (Å²) in [4.78, 5) is 31.6. The number of aromatic nitrogens is 1. The van der Waals surface area contributed by atoms with Gasteiger partial charge >= 0.3 is 6.09 Å². The SMILES string of the molecule is C[C@@H](C(=O)N(C)CCc1ccccn1)N(C)C(=O)OC(C)(C)C. The fourth-order valence-electron chi connectivity index (χ4n) is 1.92. The monoisotopic (exact) mass is 321 g/mol. The lowest BCUT2D eigenvalue weighted by molar-refractivity contribution is -0.134. The van der Waals surface area contributed by atoms with E-state index < -0.39 is 17.7 Å². The fourth-order valence-corrected chi connectivity index (χ4v) is 1.92. The molecule has 0 saturated heterocycles. The Hall–Kier alpha value is -2.11. The van der Waals surface area contributed by atoms with Gasteiger partial charge in [0, 0.05) is 39.0 Å². The quantitative estimate of drug-likeness (QED) is 0.835. The highest BCUT2D eigenvalue weighted by atomic mass is 16.6. The zero-order valence-corrected chi connectivity index (χ0v) is 14.9. The molecule has 1 rings (SSSR count). The van der Waals surface area contributed by atoms with Gasteiger partial charge in [-0.15, -0.1) is 0 Å². The molecule has 1 aromatic heterocycles. The molecule has 23 heavy (non-hydrogen) atoms. The average Bonchev–Trinajstić information content (AvgIpc) is 2.49. The number of carbonyl (C=O) groups is 2. The summed E-state index contributed by atoms with van der Waals surface area (Å²) in [5.41, 5.74) is 0.346. The number of ether oxygens (including phenoxy) is 1. The smallest absolute Gasteiger partial charge is 0.410 e. The first kappa shape index (κ1) is 18.9. The van der Waals surface area contributed by atoms with Crippen molar-refractivity contribution in [1.82, 2.24) is 14.8 Å². The lowest BCUT2D eigenvalue weighted by Gasteiger charge is -2.30. The van der Waals surface area contributed by atoms with E-state index in [-0.39, 0.29) is 5.91 Å². The van der Waals surface area contributed by atoms with Gasteiger partial charge < -0.3 is 9.64 Å². The molecule has 0 bridgehead atoms. The van der Waals surface area contributed by atoms with Crippen LogP contribution < -0.4 is 0 Å². The Morgan fingerprint density at radius 3 is 2.43 bits per heavy atom. The summed E-state index contributed by atoms with van der Waals surface area (Å²) in [6.45, 7) is 7.63. The predicted octanol–water partition coefficient (Wildman–Crippen LogP) is 2.34. The van der Waals surface area contributed by atoms with Crippen LogP contribution in [-0.2, 0) is 16.0 Å². The first-order chi connectivity index (χ1) is 10.6. The van der Waals surface area contributed by atoms with Crippen LogP contribution in [0.1, 0.15) is 33.4 Å². The second-order valence-electron chi connectivity index (χ2n) is 6.60. The third kappa shape index (κ3) is 6.26. The minimum atomic E-state index is -0.585. The van der Waals surface area contributed by atoms with E-state index in [0.29, 0.717) is 13.0 Å². The van der Waals surface area contributed by atoms with E-state index in [0.717, 1.165) is 5.69 Å². The van der Waals surface area contributed by atoms with E-state index in [1.807, 2.05) is 18.2 Å². The first-order valence-electron chi connectivity index (χ1n) is 7.72. The molecule has 128 valence electrons. The first-order valence-corrected chi connectivity index (χ1v) is 7.72. The highest BCUT2D eigenvalue weighted by Crippen LogP contribution is 2.11. The van der Waals surface area contributed by atoms with Crippen LogP contribution in [0.15, 0.2) is 24.4 Å². The maximum atomic E-state index is 12.4. The molecule has 2 amide bonds. The Labute approximate surface area is 138 Å². The molecule has 0 spiro atoms. The van der Waals surface area contributed by atoms with Crippen LogP contribution in [0.25, 0.3) is 0 Å². The summed E-state index contributed by atoms with van der Waals surface area (Å²) < 4.78 is 5.29. The summed E-state index contributed by atoms with van der Waals surface area (Å²) >= 11 is 0. The molecule has 0 fully saturated rings. The third-order valence-corrected chi connectivity index (χ3v) is 3.43. The number of amides is 2. The van der Waals surface area contributed by atoms with Crippen molar-refractivity contribution in [2.45, 2.75) is 45.8 Å². The zero-order valence-electron chi connectivity index (χ0n) is 14.9. The molecule has 0 aliphatic rings. The van der Waals surface area contributed by atoms with E-state index >= 15 is 0 Å². The van der Waals surface area contributed by atoms with Gasteiger partial charge in [0.2, 0.25) is 5.91 Å². The molecule has 6 nitrogen and oxygen atoms in total. The van der Waals surface area contributed by atoms with Crippen LogP contribution in [-0.4, -0.2) is 59.1 Å². The molecule has 0 aliphatic heterocycles. The Bertz CT molecular complexity index is 526. The van der Waals surface area contributed by atoms with Crippen LogP contribution in [0, 0.1) is 0 Å². The standard InChI is InChI=1S/C17H27N3O3/c1-13(20(6)16(22)23-17(2,3)4)15(21)19(5)12-10-14-9-7-8-11-18-14/h7-9,11,13H,10,12H2,1-6H3/t13-/m0/s1. The topological polar surface area (TPSA) is 62.7 Å². The van der Waals surface area contributed by atoms with Gasteiger partial charge in [0.05, 0.1) is 0 Å². The summed E-state index contributed by atoms with van der Waals surface area (Å²) in [5, 5.41) is 0. The molecule has 1 heterocycles. The second-order valence-corrected chi connectivity index (χ2v) is 6.60. The van der Waals surface area contributed by atoms with Crippen molar-refractivity contribution in [1.29, 1.82) is 0 Å². The predicted molar refractivity (Wildman–Crippen MR) is 89.0 cm³/mol. The molecule has 0 aliphatic carbocycles. The van der Waals surface area contributed by atoms with Crippen molar-refractivity contribution in [2.24, 2.45) is 0 Å². The number of carbonyl (C=O) groups excluding carboxylic acids is 2. The number of hydrogen-bond acceptors (Lipinski definition) is 4. The Balaban J connectivity index is 2.55. The van der Waals surface area contributed by atoms with Gasteiger partial charge in [-0.2, -0.15) is 0 Å². The average molecular weight is 321 g/mol. The van der Waals surface area contributed by atoms with Gasteiger partial charge in [-0.3, -0.25) is 14.7 Å². The van der Waals surface area contributed by atoms with E-state index in [1.165, 1.54) is 4.90 Å². The molecule has 1 aromatic rings. The van der Waals surface area contributed by atoms with Gasteiger partial charge in [0.25, 0.3) is 0 Å². The maximum absolute atomic E-state index is 12.4. The lowest BCUT2D eigenvalue weighted by Crippen LogP contribution is -2.48. The summed E-state index contributed by atoms with van der Waals surface area (Å²) in [7, 11) is 3.30. The van der Waals surface area contributed by atoms with Gasteiger partial charge in [-0.05, 0) is 39.8 Å². The fraction of sp³-hybridized carbons (Fsp3) is 0.588. The van der Waals surface area contributed by atoms with Gasteiger partial charge in [0.1, 0.15) is 11.6 Å². The van der Waals surface area contributed by atoms with E-state index in [4.69, 9.17) is 4.74 Å². The van der Waals surface area contributed by atoms with Crippen molar-refractivity contribution in [3.8, 4) is 0 Å². The number of pyridine rings is 1. The van der Waals surface area contributed by atoms with Crippen LogP contribution in [0.4, 0.5) is 4.79 Å². The van der Waals surface area contributed by atoms with Crippen LogP contribution in [0.5, 0.6) is 0 Å². The molecule has 0 N–H and O–H groups in total. The van der Waals surface area contributed by atoms with Crippen molar-refractivity contribution >= 4 is 12.0 Å². The van der Waals surface area contributed by atoms with E-state index in [1.54, 1.807) is 52.9 Å². The molecule has 6 heteroatoms. The molecular formula is C17H27N3O3. The summed E-state index contributed by atoms with van der Waals surface area (Å²) in [6, 6.07) is 5.12. The van der Waals surface area contributed by atoms with Crippen molar-refractivity contribution in [2.75, 3.05) is 20.6 Å². The highest BCUT2D eigenvalue weighted by Gasteiger charge is 2.28. The number of likely N-dealkylation sites (N-methyl/N-ethyl adjacent to an activating group) is 2. The second kappa shape index (κ2) is 7.94. The third-order valence-electron chi connectivity index (χ3n) is 3.43. The molecule has 0 aromatic carbocycles. The Kier molecular flexibility index (Phi) is 6.54. The highest BCUT2D eigenvalue weighted by molar-refractivity contribution is 5.85. The van der Waals surface area contributed by atoms with Crippen LogP contribution in [0.3, 0.4) is 0 Å². The summed E-state index contributed by atoms with van der Waals surface area (Å²) in [6.07, 6.45) is 1.90. The normalized spacial score (nSPS) is 12.4. The number of rotatable bonds is 5. The lowest BCUT2D eigenvalue weighted by atomic mass is 10.2. The Morgan fingerprint density at radius 1 is 1.26 bits per heavy atom. The van der Waals surface area contributed by atoms with E-state index in [9.17, 15) is 9.59 Å². The molecule has 0 radical (unpaired) electrons. The number of hydrogen-bond donors (Lipinski definition) is 0. The van der Waals surface area contributed by atoms with Crippen molar-refractivity contribution in [3.05, 3.63) is 30.1 Å². The van der Waals surface area contributed by atoms with Crippen LogP contribution in [0.2, 0.25) is 0 Å². The van der Waals surface area contributed by atoms with Crippen molar-refractivity contribution < 1.29 is 14.3 Å². The van der Waals surface area contributed by atoms with Crippen LogP contribution >= 0.6 is 0 Å². The molecule has 0 saturated carbocycles. The number of nitrogens with zero attached hydrogens (tertiary/aromatic N) is 3. The van der Waals surface area contributed by atoms with Gasteiger partial charge in [-0.25, -0.2) is 4.79 Å². The summed E-state index contributed by atoms with van der Waals surface area (Å²) in [5.74, 6) is -0.130. The molecule has 1 atom stereocenters. The van der Waals surface area contributed by atoms with E-state index in [2.05, 4.69) is 4.98 Å². The zero-order chi connectivity index (χ0) is 17.6. The Morgan fingerprint density at radius 2 is 1.91 bits per heavy atom. The maximum Gasteiger partial charge on any atom is 0.410 e. The van der Waals surface area contributed by atoms with Crippen molar-refractivity contribution in [3.63, 3.8) is 0 Å². The molecular weight excluding hydrogens is 294 g/mol.